The summed E-state index contributed by atoms with van der Waals surface area (Å²) in [6.07, 6.45) is 6.37. The van der Waals surface area contributed by atoms with Gasteiger partial charge in [0.2, 0.25) is 0 Å². The summed E-state index contributed by atoms with van der Waals surface area (Å²) in [5.74, 6) is 0.205. The molecule has 0 atom stereocenters. The molecule has 3 rings (SSSR count). The van der Waals surface area contributed by atoms with Gasteiger partial charge in [0, 0.05) is 12.4 Å². The zero-order valence-corrected chi connectivity index (χ0v) is 15.2. The van der Waals surface area contributed by atoms with Crippen LogP contribution in [0.4, 0.5) is 0 Å². The summed E-state index contributed by atoms with van der Waals surface area (Å²) in [7, 11) is 1.83. The minimum absolute atomic E-state index is 0.0386. The van der Waals surface area contributed by atoms with Crippen molar-refractivity contribution in [3.8, 4) is 5.75 Å². The number of carbonyl (C=O) groups excluding carboxylic acids is 1. The van der Waals surface area contributed by atoms with Crippen LogP contribution in [0.1, 0.15) is 48.7 Å². The highest BCUT2D eigenvalue weighted by atomic mass is 16.5. The minimum Gasteiger partial charge on any atom is -0.489 e. The lowest BCUT2D eigenvalue weighted by Gasteiger charge is -2.12. The largest absolute Gasteiger partial charge is 0.489 e. The van der Waals surface area contributed by atoms with E-state index in [-0.39, 0.29) is 25.2 Å². The summed E-state index contributed by atoms with van der Waals surface area (Å²) in [5, 5.41) is 0.683. The van der Waals surface area contributed by atoms with E-state index in [9.17, 15) is 4.79 Å². The number of nitrogens with zero attached hydrogens (tertiary/aromatic N) is 3. The maximum absolute atomic E-state index is 12.6. The first kappa shape index (κ1) is 18.0. The maximum Gasteiger partial charge on any atom is 0.340 e. The molecule has 0 aliphatic heterocycles. The van der Waals surface area contributed by atoms with Crippen LogP contribution >= 0.6 is 0 Å². The van der Waals surface area contributed by atoms with Crippen molar-refractivity contribution in [3.05, 3.63) is 23.5 Å². The van der Waals surface area contributed by atoms with E-state index in [4.69, 9.17) is 20.9 Å². The summed E-state index contributed by atoms with van der Waals surface area (Å²) in [5.41, 5.74) is 12.6. The Balaban J connectivity index is 2.06. The molecule has 1 saturated carbocycles. The van der Waals surface area contributed by atoms with Gasteiger partial charge in [-0.3, -0.25) is 0 Å². The van der Waals surface area contributed by atoms with Crippen molar-refractivity contribution in [3.63, 3.8) is 0 Å². The Bertz CT molecular complexity index is 833. The minimum atomic E-state index is -0.418. The molecule has 0 spiro atoms. The van der Waals surface area contributed by atoms with E-state index in [2.05, 4.69) is 9.98 Å². The number of hydrogen-bond donors (Lipinski definition) is 2. The van der Waals surface area contributed by atoms with Crippen molar-refractivity contribution < 1.29 is 14.3 Å². The van der Waals surface area contributed by atoms with Gasteiger partial charge in [0.05, 0.1) is 36.7 Å². The zero-order valence-electron chi connectivity index (χ0n) is 15.2. The van der Waals surface area contributed by atoms with E-state index in [1.165, 1.54) is 12.8 Å². The number of ether oxygens (including phenoxy) is 2. The molecule has 0 aromatic carbocycles. The highest BCUT2D eigenvalue weighted by Crippen LogP contribution is 2.30. The summed E-state index contributed by atoms with van der Waals surface area (Å²) < 4.78 is 13.1. The molecule has 8 heteroatoms. The quantitative estimate of drug-likeness (QED) is 0.462. The van der Waals surface area contributed by atoms with Crippen molar-refractivity contribution >= 4 is 23.0 Å². The number of aromatic nitrogens is 2. The van der Waals surface area contributed by atoms with E-state index in [1.807, 2.05) is 17.7 Å². The average Bonchev–Trinajstić information content (AvgIpc) is 3.19. The molecule has 0 amide bonds. The van der Waals surface area contributed by atoms with Gasteiger partial charge in [-0.25, -0.2) is 14.8 Å². The summed E-state index contributed by atoms with van der Waals surface area (Å²) in [6.45, 7) is 2.22. The van der Waals surface area contributed by atoms with E-state index >= 15 is 0 Å². The number of aliphatic imine (C=N–C) groups is 1. The molecule has 2 aromatic rings. The lowest BCUT2D eigenvalue weighted by atomic mass is 10.1. The Labute approximate surface area is 152 Å². The van der Waals surface area contributed by atoms with E-state index in [0.717, 1.165) is 12.8 Å². The van der Waals surface area contributed by atoms with Crippen LogP contribution in [0.3, 0.4) is 0 Å². The van der Waals surface area contributed by atoms with Gasteiger partial charge >= 0.3 is 5.97 Å². The Hall–Kier alpha value is -2.77. The first-order chi connectivity index (χ1) is 12.5. The van der Waals surface area contributed by atoms with Gasteiger partial charge in [-0.05, 0) is 38.7 Å². The Kier molecular flexibility index (Phi) is 5.29. The molecule has 26 heavy (non-hydrogen) atoms. The molecule has 4 N–H and O–H groups in total. The number of aryl methyl sites for hydroxylation is 1. The molecule has 8 nitrogen and oxygen atoms in total. The van der Waals surface area contributed by atoms with Crippen molar-refractivity contribution in [2.24, 2.45) is 23.5 Å². The number of carbonyl (C=O) groups is 1. The second-order valence-corrected chi connectivity index (χ2v) is 6.41. The molecule has 2 aromatic heterocycles. The van der Waals surface area contributed by atoms with Gasteiger partial charge in [-0.2, -0.15) is 0 Å². The third-order valence-corrected chi connectivity index (χ3v) is 4.62. The van der Waals surface area contributed by atoms with Crippen LogP contribution in [0.25, 0.3) is 11.0 Å². The molecule has 1 aliphatic rings. The topological polar surface area (TPSA) is 118 Å². The number of hydrogen-bond acceptors (Lipinski definition) is 5. The molecule has 1 aliphatic carbocycles. The fraction of sp³-hybridized carbons (Fsp3) is 0.500. The molecular formula is C18H25N5O3. The van der Waals surface area contributed by atoms with E-state index in [1.54, 1.807) is 13.1 Å². The highest BCUT2D eigenvalue weighted by Gasteiger charge is 2.24. The SMILES string of the molecule is CCOC(=O)c1c(CN=C(N)N)n(C)c2ncc(OC3CCCC3)cc12. The standard InChI is InChI=1S/C18H25N5O3/c1-3-25-17(24)15-13-8-12(26-11-6-4-5-7-11)9-21-16(13)23(2)14(15)10-22-18(19)20/h8-9,11H,3-7,10H2,1-2H3,(H4,19,20,22). The average molecular weight is 359 g/mol. The lowest BCUT2D eigenvalue weighted by molar-refractivity contribution is 0.0527. The number of fused-ring (bicyclic) bond motifs is 1. The number of rotatable bonds is 6. The molecule has 0 unspecified atom stereocenters. The molecule has 0 radical (unpaired) electrons. The van der Waals surface area contributed by atoms with Crippen LogP contribution in [0.5, 0.6) is 5.75 Å². The van der Waals surface area contributed by atoms with Gasteiger partial charge in [0.25, 0.3) is 0 Å². The molecule has 0 bridgehead atoms. The Morgan fingerprint density at radius 3 is 2.77 bits per heavy atom. The number of pyridine rings is 1. The Morgan fingerprint density at radius 2 is 2.12 bits per heavy atom. The lowest BCUT2D eigenvalue weighted by Crippen LogP contribution is -2.23. The van der Waals surface area contributed by atoms with Crippen molar-refractivity contribution in [2.75, 3.05) is 6.61 Å². The Morgan fingerprint density at radius 1 is 1.38 bits per heavy atom. The molecule has 140 valence electrons. The predicted octanol–water partition coefficient (Wildman–Crippen LogP) is 1.84. The predicted molar refractivity (Wildman–Crippen MR) is 99.1 cm³/mol. The van der Waals surface area contributed by atoms with Gasteiger partial charge in [0.15, 0.2) is 5.96 Å². The third-order valence-electron chi connectivity index (χ3n) is 4.62. The molecule has 2 heterocycles. The third kappa shape index (κ3) is 3.58. The monoisotopic (exact) mass is 359 g/mol. The van der Waals surface area contributed by atoms with Gasteiger partial charge in [0.1, 0.15) is 11.4 Å². The summed E-state index contributed by atoms with van der Waals surface area (Å²) in [6, 6.07) is 1.85. The zero-order chi connectivity index (χ0) is 18.7. The van der Waals surface area contributed by atoms with E-state index in [0.29, 0.717) is 28.0 Å². The first-order valence-electron chi connectivity index (χ1n) is 8.87. The van der Waals surface area contributed by atoms with Gasteiger partial charge < -0.3 is 25.5 Å². The fourth-order valence-electron chi connectivity index (χ4n) is 3.39. The van der Waals surface area contributed by atoms with Crippen LogP contribution in [0.2, 0.25) is 0 Å². The van der Waals surface area contributed by atoms with Crippen LogP contribution in [0, 0.1) is 0 Å². The van der Waals surface area contributed by atoms with Crippen LogP contribution in [-0.4, -0.2) is 34.2 Å². The van der Waals surface area contributed by atoms with Crippen LogP contribution in [0.15, 0.2) is 17.3 Å². The number of esters is 1. The van der Waals surface area contributed by atoms with Crippen molar-refractivity contribution in [1.29, 1.82) is 0 Å². The highest BCUT2D eigenvalue weighted by molar-refractivity contribution is 6.05. The molecule has 1 fully saturated rings. The van der Waals surface area contributed by atoms with Crippen LogP contribution in [-0.2, 0) is 18.3 Å². The van der Waals surface area contributed by atoms with Crippen LogP contribution < -0.4 is 16.2 Å². The molecular weight excluding hydrogens is 334 g/mol. The second-order valence-electron chi connectivity index (χ2n) is 6.41. The molecule has 0 saturated heterocycles. The number of guanidine groups is 1. The fourth-order valence-corrected chi connectivity index (χ4v) is 3.39. The first-order valence-corrected chi connectivity index (χ1v) is 8.87. The van der Waals surface area contributed by atoms with E-state index < -0.39 is 5.97 Å². The number of nitrogens with two attached hydrogens (primary N) is 2. The van der Waals surface area contributed by atoms with Crippen molar-refractivity contribution in [1.82, 2.24) is 9.55 Å². The van der Waals surface area contributed by atoms with Gasteiger partial charge in [-0.15, -0.1) is 0 Å². The van der Waals surface area contributed by atoms with Gasteiger partial charge in [-0.1, -0.05) is 0 Å². The van der Waals surface area contributed by atoms with Crippen molar-refractivity contribution in [2.45, 2.75) is 45.3 Å². The summed E-state index contributed by atoms with van der Waals surface area (Å²) >= 11 is 0. The second kappa shape index (κ2) is 7.63. The summed E-state index contributed by atoms with van der Waals surface area (Å²) in [4.78, 5) is 21.1. The smallest absolute Gasteiger partial charge is 0.340 e. The maximum atomic E-state index is 12.6. The normalized spacial score (nSPS) is 14.5.